The van der Waals surface area contributed by atoms with Gasteiger partial charge in [0.15, 0.2) is 0 Å². The fourth-order valence-corrected chi connectivity index (χ4v) is 1.61. The lowest BCUT2D eigenvalue weighted by atomic mass is 10.0. The van der Waals surface area contributed by atoms with Crippen LogP contribution in [0.4, 0.5) is 0 Å². The Hall–Kier alpha value is -2.10. The zero-order valence-corrected chi connectivity index (χ0v) is 9.68. The van der Waals surface area contributed by atoms with Crippen LogP contribution in [0.5, 0.6) is 0 Å². The first-order chi connectivity index (χ1) is 8.27. The second-order valence-electron chi connectivity index (χ2n) is 3.93. The van der Waals surface area contributed by atoms with Crippen molar-refractivity contribution in [2.75, 3.05) is 0 Å². The number of nitrogens with one attached hydrogen (secondary N) is 2. The minimum Gasteiger partial charge on any atom is -0.350 e. The summed E-state index contributed by atoms with van der Waals surface area (Å²) in [5.41, 5.74) is 1.92. The number of H-pyrrole nitrogens is 1. The minimum atomic E-state index is -0.140. The highest BCUT2D eigenvalue weighted by molar-refractivity contribution is 5.83. The zero-order valence-electron chi connectivity index (χ0n) is 9.68. The van der Waals surface area contributed by atoms with Crippen LogP contribution in [-0.2, 0) is 11.3 Å². The van der Waals surface area contributed by atoms with Gasteiger partial charge in [-0.3, -0.25) is 4.79 Å². The van der Waals surface area contributed by atoms with Gasteiger partial charge in [0.05, 0.1) is 24.5 Å². The van der Waals surface area contributed by atoms with Crippen molar-refractivity contribution in [2.45, 2.75) is 19.4 Å². The predicted octanol–water partition coefficient (Wildman–Crippen LogP) is 1.83. The Kier molecular flexibility index (Phi) is 3.55. The van der Waals surface area contributed by atoms with Crippen LogP contribution in [0.25, 0.3) is 0 Å². The molecular weight excluding hydrogens is 214 g/mol. The first kappa shape index (κ1) is 11.4. The number of carbonyl (C=O) groups excluding carboxylic acids is 1. The summed E-state index contributed by atoms with van der Waals surface area (Å²) >= 11 is 0. The lowest BCUT2D eigenvalue weighted by molar-refractivity contribution is -0.122. The van der Waals surface area contributed by atoms with E-state index in [4.69, 9.17) is 0 Å². The molecule has 0 aliphatic rings. The molecular formula is C13H15N3O. The third-order valence-corrected chi connectivity index (χ3v) is 2.70. The van der Waals surface area contributed by atoms with Crippen molar-refractivity contribution < 1.29 is 4.79 Å². The third kappa shape index (κ3) is 2.93. The summed E-state index contributed by atoms with van der Waals surface area (Å²) in [7, 11) is 0. The van der Waals surface area contributed by atoms with Gasteiger partial charge in [-0.1, -0.05) is 30.3 Å². The molecule has 0 aliphatic carbocycles. The molecule has 17 heavy (non-hydrogen) atoms. The number of hydrogen-bond acceptors (Lipinski definition) is 2. The van der Waals surface area contributed by atoms with Gasteiger partial charge in [-0.05, 0) is 12.5 Å². The van der Waals surface area contributed by atoms with Gasteiger partial charge in [0.2, 0.25) is 5.91 Å². The van der Waals surface area contributed by atoms with E-state index >= 15 is 0 Å². The molecule has 1 unspecified atom stereocenters. The average molecular weight is 229 g/mol. The summed E-state index contributed by atoms with van der Waals surface area (Å²) in [6.07, 6.45) is 3.30. The molecule has 1 heterocycles. The number of imidazole rings is 1. The van der Waals surface area contributed by atoms with Crippen molar-refractivity contribution in [2.24, 2.45) is 0 Å². The quantitative estimate of drug-likeness (QED) is 0.840. The van der Waals surface area contributed by atoms with Gasteiger partial charge < -0.3 is 10.3 Å². The first-order valence-corrected chi connectivity index (χ1v) is 5.57. The second-order valence-corrected chi connectivity index (χ2v) is 3.93. The highest BCUT2D eigenvalue weighted by Gasteiger charge is 2.14. The van der Waals surface area contributed by atoms with Crippen LogP contribution in [-0.4, -0.2) is 15.9 Å². The minimum absolute atomic E-state index is 0.0193. The van der Waals surface area contributed by atoms with Crippen LogP contribution in [0.15, 0.2) is 42.9 Å². The van der Waals surface area contributed by atoms with Crippen molar-refractivity contribution in [3.05, 3.63) is 54.1 Å². The topological polar surface area (TPSA) is 57.8 Å². The molecule has 4 heteroatoms. The highest BCUT2D eigenvalue weighted by Crippen LogP contribution is 2.14. The summed E-state index contributed by atoms with van der Waals surface area (Å²) in [5, 5.41) is 2.87. The number of rotatable bonds is 4. The van der Waals surface area contributed by atoms with Gasteiger partial charge in [-0.15, -0.1) is 0 Å². The number of aromatic nitrogens is 2. The Morgan fingerprint density at radius 1 is 1.41 bits per heavy atom. The van der Waals surface area contributed by atoms with Gasteiger partial charge in [0.1, 0.15) is 0 Å². The molecule has 4 nitrogen and oxygen atoms in total. The molecule has 0 saturated heterocycles. The van der Waals surface area contributed by atoms with Crippen LogP contribution >= 0.6 is 0 Å². The van der Waals surface area contributed by atoms with Gasteiger partial charge in [-0.2, -0.15) is 0 Å². The summed E-state index contributed by atoms with van der Waals surface area (Å²) < 4.78 is 0. The molecule has 1 amide bonds. The van der Waals surface area contributed by atoms with Crippen molar-refractivity contribution in [1.82, 2.24) is 15.3 Å². The molecule has 1 aromatic heterocycles. The average Bonchev–Trinajstić information content (AvgIpc) is 2.89. The monoisotopic (exact) mass is 229 g/mol. The maximum Gasteiger partial charge on any atom is 0.227 e. The summed E-state index contributed by atoms with van der Waals surface area (Å²) in [4.78, 5) is 18.7. The molecule has 2 aromatic rings. The Labute approximate surface area is 100 Å². The third-order valence-electron chi connectivity index (χ3n) is 2.70. The molecule has 2 N–H and O–H groups in total. The number of aromatic amines is 1. The standard InChI is InChI=1S/C13H15N3O/c1-10(11-5-3-2-4-6-11)13(17)15-8-12-7-14-9-16-12/h2-7,9-10H,8H2,1H3,(H,14,16)(H,15,17). The molecule has 1 atom stereocenters. The summed E-state index contributed by atoms with van der Waals surface area (Å²) in [5.74, 6) is -0.120. The molecule has 0 aliphatic heterocycles. The van der Waals surface area contributed by atoms with E-state index in [0.29, 0.717) is 6.54 Å². The molecule has 1 aromatic carbocycles. The summed E-state index contributed by atoms with van der Waals surface area (Å²) in [6.45, 7) is 2.38. The fourth-order valence-electron chi connectivity index (χ4n) is 1.61. The normalized spacial score (nSPS) is 12.1. The number of hydrogen-bond donors (Lipinski definition) is 2. The number of amides is 1. The zero-order chi connectivity index (χ0) is 12.1. The predicted molar refractivity (Wildman–Crippen MR) is 65.3 cm³/mol. The summed E-state index contributed by atoms with van der Waals surface area (Å²) in [6, 6.07) is 9.74. The molecule has 2 rings (SSSR count). The Morgan fingerprint density at radius 2 is 2.18 bits per heavy atom. The Bertz CT molecular complexity index is 465. The van der Waals surface area contributed by atoms with E-state index in [1.807, 2.05) is 37.3 Å². The Morgan fingerprint density at radius 3 is 2.82 bits per heavy atom. The lowest BCUT2D eigenvalue weighted by Crippen LogP contribution is -2.27. The number of benzene rings is 1. The van der Waals surface area contributed by atoms with E-state index in [2.05, 4.69) is 15.3 Å². The number of nitrogens with zero attached hydrogens (tertiary/aromatic N) is 1. The number of carbonyl (C=O) groups is 1. The lowest BCUT2D eigenvalue weighted by Gasteiger charge is -2.11. The van der Waals surface area contributed by atoms with Gasteiger partial charge >= 0.3 is 0 Å². The molecule has 0 bridgehead atoms. The van der Waals surface area contributed by atoms with E-state index in [9.17, 15) is 4.79 Å². The van der Waals surface area contributed by atoms with Crippen molar-refractivity contribution in [1.29, 1.82) is 0 Å². The highest BCUT2D eigenvalue weighted by atomic mass is 16.1. The fraction of sp³-hybridized carbons (Fsp3) is 0.231. The van der Waals surface area contributed by atoms with Crippen LogP contribution in [0, 0.1) is 0 Å². The van der Waals surface area contributed by atoms with Crippen LogP contribution in [0.3, 0.4) is 0 Å². The molecule has 0 fully saturated rings. The second kappa shape index (κ2) is 5.30. The van der Waals surface area contributed by atoms with Crippen molar-refractivity contribution >= 4 is 5.91 Å². The molecule has 0 spiro atoms. The maximum absolute atomic E-state index is 11.9. The van der Waals surface area contributed by atoms with Crippen LogP contribution in [0.2, 0.25) is 0 Å². The smallest absolute Gasteiger partial charge is 0.227 e. The van der Waals surface area contributed by atoms with Gasteiger partial charge in [0, 0.05) is 6.20 Å². The first-order valence-electron chi connectivity index (χ1n) is 5.57. The van der Waals surface area contributed by atoms with E-state index < -0.39 is 0 Å². The molecule has 88 valence electrons. The van der Waals surface area contributed by atoms with Crippen LogP contribution in [0.1, 0.15) is 24.1 Å². The van der Waals surface area contributed by atoms with Gasteiger partial charge in [-0.25, -0.2) is 4.98 Å². The van der Waals surface area contributed by atoms with Crippen molar-refractivity contribution in [3.63, 3.8) is 0 Å². The van der Waals surface area contributed by atoms with Crippen molar-refractivity contribution in [3.8, 4) is 0 Å². The SMILES string of the molecule is CC(C(=O)NCc1cnc[nH]1)c1ccccc1. The Balaban J connectivity index is 1.92. The van der Waals surface area contributed by atoms with Gasteiger partial charge in [0.25, 0.3) is 0 Å². The van der Waals surface area contributed by atoms with E-state index in [0.717, 1.165) is 11.3 Å². The van der Waals surface area contributed by atoms with E-state index in [-0.39, 0.29) is 11.8 Å². The van der Waals surface area contributed by atoms with Crippen LogP contribution < -0.4 is 5.32 Å². The van der Waals surface area contributed by atoms with E-state index in [1.54, 1.807) is 12.5 Å². The largest absolute Gasteiger partial charge is 0.350 e. The maximum atomic E-state index is 11.9. The molecule has 0 radical (unpaired) electrons. The molecule has 0 saturated carbocycles. The van der Waals surface area contributed by atoms with E-state index in [1.165, 1.54) is 0 Å².